The molecule has 0 spiro atoms. The summed E-state index contributed by atoms with van der Waals surface area (Å²) in [6.07, 6.45) is -0.341. The lowest BCUT2D eigenvalue weighted by Crippen LogP contribution is -2.56. The molecule has 2 amide bonds. The van der Waals surface area contributed by atoms with Crippen molar-refractivity contribution in [1.29, 1.82) is 0 Å². The van der Waals surface area contributed by atoms with E-state index in [-0.39, 0.29) is 31.2 Å². The maximum Gasteiger partial charge on any atom is 0.410 e. The molecule has 6 heteroatoms. The summed E-state index contributed by atoms with van der Waals surface area (Å²) in [6.45, 7) is 3.64. The highest BCUT2D eigenvalue weighted by molar-refractivity contribution is 5.78. The number of carbonyl (C=O) groups is 2. The Hall–Kier alpha value is -2.08. The van der Waals surface area contributed by atoms with E-state index < -0.39 is 0 Å². The largest absolute Gasteiger partial charge is 0.445 e. The Morgan fingerprint density at radius 1 is 1.29 bits per heavy atom. The third-order valence-electron chi connectivity index (χ3n) is 3.59. The minimum absolute atomic E-state index is 0.00513. The zero-order valence-electron chi connectivity index (χ0n) is 12.2. The molecule has 0 saturated carbocycles. The summed E-state index contributed by atoms with van der Waals surface area (Å²) in [4.78, 5) is 27.0. The van der Waals surface area contributed by atoms with Crippen LogP contribution in [0, 0.1) is 0 Å². The van der Waals surface area contributed by atoms with Gasteiger partial charge in [-0.2, -0.15) is 0 Å². The second-order valence-electron chi connectivity index (χ2n) is 5.13. The number of hydrogen-bond donors (Lipinski definition) is 1. The first-order chi connectivity index (χ1) is 10.1. The van der Waals surface area contributed by atoms with Gasteiger partial charge in [0, 0.05) is 25.7 Å². The Bertz CT molecular complexity index is 492. The molecule has 0 bridgehead atoms. The summed E-state index contributed by atoms with van der Waals surface area (Å²) in [5.74, 6) is -0.0841. The highest BCUT2D eigenvalue weighted by Crippen LogP contribution is 2.12. The van der Waals surface area contributed by atoms with E-state index in [0.29, 0.717) is 19.6 Å². The van der Waals surface area contributed by atoms with Crippen molar-refractivity contribution in [2.24, 2.45) is 5.73 Å². The van der Waals surface area contributed by atoms with Crippen LogP contribution in [0.15, 0.2) is 30.3 Å². The standard InChI is InChI=1S/C15H21N3O3/c1-12-10-17(14(19)9-16)7-8-18(12)15(20)21-11-13-5-3-2-4-6-13/h2-6,12H,7-11,16H2,1H3/t12-/m1/s1. The van der Waals surface area contributed by atoms with Gasteiger partial charge in [0.05, 0.1) is 6.54 Å². The monoisotopic (exact) mass is 291 g/mol. The van der Waals surface area contributed by atoms with Crippen LogP contribution in [0.25, 0.3) is 0 Å². The van der Waals surface area contributed by atoms with Gasteiger partial charge in [-0.3, -0.25) is 4.79 Å². The highest BCUT2D eigenvalue weighted by atomic mass is 16.6. The van der Waals surface area contributed by atoms with Crippen molar-refractivity contribution in [3.05, 3.63) is 35.9 Å². The molecule has 1 aliphatic rings. The van der Waals surface area contributed by atoms with Crippen LogP contribution in [0.1, 0.15) is 12.5 Å². The summed E-state index contributed by atoms with van der Waals surface area (Å²) < 4.78 is 5.32. The molecule has 1 atom stereocenters. The topological polar surface area (TPSA) is 75.9 Å². The molecule has 0 aliphatic carbocycles. The van der Waals surface area contributed by atoms with E-state index >= 15 is 0 Å². The molecule has 21 heavy (non-hydrogen) atoms. The van der Waals surface area contributed by atoms with Gasteiger partial charge in [0.1, 0.15) is 6.61 Å². The molecule has 1 aliphatic heterocycles. The van der Waals surface area contributed by atoms with Crippen LogP contribution in [0.2, 0.25) is 0 Å². The smallest absolute Gasteiger partial charge is 0.410 e. The lowest BCUT2D eigenvalue weighted by atomic mass is 10.2. The summed E-state index contributed by atoms with van der Waals surface area (Å²) >= 11 is 0. The minimum Gasteiger partial charge on any atom is -0.445 e. The normalized spacial score (nSPS) is 18.5. The van der Waals surface area contributed by atoms with Crippen LogP contribution in [-0.2, 0) is 16.1 Å². The van der Waals surface area contributed by atoms with Crippen LogP contribution in [0.4, 0.5) is 4.79 Å². The Morgan fingerprint density at radius 2 is 2.00 bits per heavy atom. The zero-order chi connectivity index (χ0) is 15.2. The molecule has 1 aromatic rings. The molecular weight excluding hydrogens is 270 g/mol. The maximum absolute atomic E-state index is 12.1. The van der Waals surface area contributed by atoms with Gasteiger partial charge in [0.25, 0.3) is 0 Å². The lowest BCUT2D eigenvalue weighted by Gasteiger charge is -2.39. The molecule has 1 saturated heterocycles. The Balaban J connectivity index is 1.85. The number of nitrogens with zero attached hydrogens (tertiary/aromatic N) is 2. The van der Waals surface area contributed by atoms with Crippen molar-refractivity contribution in [3.63, 3.8) is 0 Å². The van der Waals surface area contributed by atoms with Gasteiger partial charge in [-0.15, -0.1) is 0 Å². The number of nitrogens with two attached hydrogens (primary N) is 1. The van der Waals surface area contributed by atoms with Crippen molar-refractivity contribution in [2.75, 3.05) is 26.2 Å². The second kappa shape index (κ2) is 7.08. The quantitative estimate of drug-likeness (QED) is 0.894. The Morgan fingerprint density at radius 3 is 2.62 bits per heavy atom. The SMILES string of the molecule is C[C@@H]1CN(C(=O)CN)CCN1C(=O)OCc1ccccc1. The van der Waals surface area contributed by atoms with Crippen molar-refractivity contribution < 1.29 is 14.3 Å². The van der Waals surface area contributed by atoms with E-state index in [2.05, 4.69) is 0 Å². The third kappa shape index (κ3) is 3.95. The molecular formula is C15H21N3O3. The molecule has 2 N–H and O–H groups in total. The van der Waals surface area contributed by atoms with Crippen molar-refractivity contribution >= 4 is 12.0 Å². The number of carbonyl (C=O) groups excluding carboxylic acids is 2. The minimum atomic E-state index is -0.341. The van der Waals surface area contributed by atoms with E-state index in [0.717, 1.165) is 5.56 Å². The highest BCUT2D eigenvalue weighted by Gasteiger charge is 2.30. The van der Waals surface area contributed by atoms with Crippen LogP contribution in [0.3, 0.4) is 0 Å². The number of rotatable bonds is 3. The average Bonchev–Trinajstić information content (AvgIpc) is 2.52. The van der Waals surface area contributed by atoms with E-state index in [1.54, 1.807) is 9.80 Å². The maximum atomic E-state index is 12.1. The molecule has 0 aromatic heterocycles. The summed E-state index contributed by atoms with van der Waals surface area (Å²) in [5, 5.41) is 0. The van der Waals surface area contributed by atoms with Gasteiger partial charge in [-0.25, -0.2) is 4.79 Å². The first kappa shape index (κ1) is 15.3. The number of hydrogen-bond acceptors (Lipinski definition) is 4. The number of piperazine rings is 1. The average molecular weight is 291 g/mol. The second-order valence-corrected chi connectivity index (χ2v) is 5.13. The van der Waals surface area contributed by atoms with Crippen molar-refractivity contribution in [3.8, 4) is 0 Å². The lowest BCUT2D eigenvalue weighted by molar-refractivity contribution is -0.132. The first-order valence-corrected chi connectivity index (χ1v) is 7.07. The number of amides is 2. The predicted octanol–water partition coefficient (Wildman–Crippen LogP) is 0.815. The fraction of sp³-hybridized carbons (Fsp3) is 0.467. The van der Waals surface area contributed by atoms with Gasteiger partial charge in [-0.1, -0.05) is 30.3 Å². The molecule has 2 rings (SSSR count). The van der Waals surface area contributed by atoms with Gasteiger partial charge >= 0.3 is 6.09 Å². The van der Waals surface area contributed by atoms with E-state index in [1.165, 1.54) is 0 Å². The molecule has 1 heterocycles. The van der Waals surface area contributed by atoms with Crippen LogP contribution < -0.4 is 5.73 Å². The van der Waals surface area contributed by atoms with Crippen LogP contribution in [-0.4, -0.2) is 54.0 Å². The fourth-order valence-corrected chi connectivity index (χ4v) is 2.39. The molecule has 0 radical (unpaired) electrons. The van der Waals surface area contributed by atoms with Gasteiger partial charge in [-0.05, 0) is 12.5 Å². The van der Waals surface area contributed by atoms with Gasteiger partial charge in [0.15, 0.2) is 0 Å². The van der Waals surface area contributed by atoms with Crippen molar-refractivity contribution in [1.82, 2.24) is 9.80 Å². The fourth-order valence-electron chi connectivity index (χ4n) is 2.39. The van der Waals surface area contributed by atoms with Crippen LogP contribution >= 0.6 is 0 Å². The summed E-state index contributed by atoms with van der Waals surface area (Å²) in [5.41, 5.74) is 6.31. The summed E-state index contributed by atoms with van der Waals surface area (Å²) in [6, 6.07) is 9.48. The Labute approximate surface area is 124 Å². The Kier molecular flexibility index (Phi) is 5.16. The summed E-state index contributed by atoms with van der Waals surface area (Å²) in [7, 11) is 0. The molecule has 6 nitrogen and oxygen atoms in total. The number of ether oxygens (including phenoxy) is 1. The predicted molar refractivity (Wildman–Crippen MR) is 78.4 cm³/mol. The van der Waals surface area contributed by atoms with E-state index in [9.17, 15) is 9.59 Å². The van der Waals surface area contributed by atoms with Gasteiger partial charge < -0.3 is 20.3 Å². The third-order valence-corrected chi connectivity index (χ3v) is 3.59. The van der Waals surface area contributed by atoms with E-state index in [4.69, 9.17) is 10.5 Å². The van der Waals surface area contributed by atoms with Crippen LogP contribution in [0.5, 0.6) is 0 Å². The van der Waals surface area contributed by atoms with Crippen molar-refractivity contribution in [2.45, 2.75) is 19.6 Å². The molecule has 114 valence electrons. The molecule has 1 fully saturated rings. The van der Waals surface area contributed by atoms with E-state index in [1.807, 2.05) is 37.3 Å². The first-order valence-electron chi connectivity index (χ1n) is 7.07. The molecule has 1 aromatic carbocycles. The number of benzene rings is 1. The molecule has 0 unspecified atom stereocenters. The zero-order valence-corrected chi connectivity index (χ0v) is 12.2. The van der Waals surface area contributed by atoms with Gasteiger partial charge in [0.2, 0.25) is 5.91 Å².